The second-order valence-corrected chi connectivity index (χ2v) is 6.14. The Morgan fingerprint density at radius 2 is 2.33 bits per heavy atom. The number of nitrogens with one attached hydrogen (secondary N) is 1. The molecule has 0 amide bonds. The normalized spacial score (nSPS) is 12.3. The Labute approximate surface area is 127 Å². The maximum Gasteiger partial charge on any atom is 0.333 e. The molecule has 0 saturated heterocycles. The molecule has 0 aliphatic heterocycles. The van der Waals surface area contributed by atoms with Crippen molar-refractivity contribution in [1.82, 2.24) is 9.78 Å². The van der Waals surface area contributed by atoms with Crippen LogP contribution in [-0.4, -0.2) is 20.7 Å². The Bertz CT molecular complexity index is 607. The topological polar surface area (TPSA) is 73.0 Å². The maximum atomic E-state index is 11.3. The molecule has 2 rings (SSSR count). The van der Waals surface area contributed by atoms with Gasteiger partial charge in [-0.15, -0.1) is 11.3 Å². The number of nitrogens with zero attached hydrogens (tertiary/aromatic N) is 3. The summed E-state index contributed by atoms with van der Waals surface area (Å²) in [5.74, 6) is 0.493. The highest BCUT2D eigenvalue weighted by atomic mass is 32.1. The summed E-state index contributed by atoms with van der Waals surface area (Å²) in [6, 6.07) is 4.19. The SMILES string of the molecule is CCCc1nn(C)c(NC(C)Cc2cccs2)c1[N+](=O)[O-]. The minimum atomic E-state index is -0.335. The predicted octanol–water partition coefficient (Wildman–Crippen LogP) is 3.39. The lowest BCUT2D eigenvalue weighted by molar-refractivity contribution is -0.384. The lowest BCUT2D eigenvalue weighted by Gasteiger charge is -2.13. The molecule has 0 fully saturated rings. The van der Waals surface area contributed by atoms with Crippen LogP contribution in [0.5, 0.6) is 0 Å². The van der Waals surface area contributed by atoms with Gasteiger partial charge in [0.2, 0.25) is 5.82 Å². The van der Waals surface area contributed by atoms with Crippen molar-refractivity contribution in [2.45, 2.75) is 39.2 Å². The van der Waals surface area contributed by atoms with Crippen molar-refractivity contribution in [3.05, 3.63) is 38.2 Å². The van der Waals surface area contributed by atoms with Crippen LogP contribution in [0.15, 0.2) is 17.5 Å². The van der Waals surface area contributed by atoms with Gasteiger partial charge in [0.15, 0.2) is 0 Å². The fourth-order valence-corrected chi connectivity index (χ4v) is 3.18. The van der Waals surface area contributed by atoms with E-state index in [-0.39, 0.29) is 16.7 Å². The molecule has 21 heavy (non-hydrogen) atoms. The third-order valence-corrected chi connectivity index (χ3v) is 4.13. The summed E-state index contributed by atoms with van der Waals surface area (Å²) in [4.78, 5) is 12.3. The molecule has 0 spiro atoms. The predicted molar refractivity (Wildman–Crippen MR) is 85.0 cm³/mol. The van der Waals surface area contributed by atoms with Gasteiger partial charge in [0.05, 0.1) is 4.92 Å². The smallest absolute Gasteiger partial charge is 0.333 e. The molecule has 1 unspecified atom stereocenters. The molecule has 6 nitrogen and oxygen atoms in total. The number of aryl methyl sites for hydroxylation is 2. The number of rotatable bonds is 7. The number of hydrogen-bond donors (Lipinski definition) is 1. The quantitative estimate of drug-likeness (QED) is 0.628. The van der Waals surface area contributed by atoms with E-state index in [2.05, 4.69) is 16.5 Å². The van der Waals surface area contributed by atoms with Crippen molar-refractivity contribution in [2.24, 2.45) is 7.05 Å². The van der Waals surface area contributed by atoms with Crippen molar-refractivity contribution in [3.63, 3.8) is 0 Å². The molecule has 0 bridgehead atoms. The molecule has 7 heteroatoms. The minimum Gasteiger partial charge on any atom is -0.362 e. The number of aromatic nitrogens is 2. The first-order valence-corrected chi connectivity index (χ1v) is 7.90. The standard InChI is InChI=1S/C14H20N4O2S/c1-4-6-12-13(18(19)20)14(17(3)16-12)15-10(2)9-11-7-5-8-21-11/h5,7-8,10,15H,4,6,9H2,1-3H3. The molecule has 1 atom stereocenters. The van der Waals surface area contributed by atoms with Crippen LogP contribution in [0.1, 0.15) is 30.8 Å². The third kappa shape index (κ3) is 3.60. The Kier molecular flexibility index (Phi) is 4.95. The molecular formula is C14H20N4O2S. The van der Waals surface area contributed by atoms with Crippen molar-refractivity contribution in [1.29, 1.82) is 0 Å². The maximum absolute atomic E-state index is 11.3. The molecule has 114 valence electrons. The van der Waals surface area contributed by atoms with E-state index in [1.807, 2.05) is 25.3 Å². The Hall–Kier alpha value is -1.89. The first-order valence-electron chi connectivity index (χ1n) is 7.02. The molecule has 0 aliphatic carbocycles. The van der Waals surface area contributed by atoms with Gasteiger partial charge in [0.1, 0.15) is 5.69 Å². The molecule has 0 aromatic carbocycles. The van der Waals surface area contributed by atoms with Gasteiger partial charge >= 0.3 is 5.69 Å². The van der Waals surface area contributed by atoms with Crippen molar-refractivity contribution in [2.75, 3.05) is 5.32 Å². The fourth-order valence-electron chi connectivity index (χ4n) is 2.34. The van der Waals surface area contributed by atoms with Gasteiger partial charge in [-0.25, -0.2) is 4.68 Å². The Morgan fingerprint density at radius 3 is 2.90 bits per heavy atom. The second-order valence-electron chi connectivity index (χ2n) is 5.10. The van der Waals surface area contributed by atoms with Crippen LogP contribution in [0.4, 0.5) is 11.5 Å². The van der Waals surface area contributed by atoms with E-state index in [1.165, 1.54) is 4.88 Å². The van der Waals surface area contributed by atoms with E-state index in [9.17, 15) is 10.1 Å². The summed E-state index contributed by atoms with van der Waals surface area (Å²) < 4.78 is 1.58. The molecule has 0 radical (unpaired) electrons. The largest absolute Gasteiger partial charge is 0.362 e. The highest BCUT2D eigenvalue weighted by Crippen LogP contribution is 2.30. The summed E-state index contributed by atoms with van der Waals surface area (Å²) in [5.41, 5.74) is 0.660. The fraction of sp³-hybridized carbons (Fsp3) is 0.500. The lowest BCUT2D eigenvalue weighted by atomic mass is 10.2. The summed E-state index contributed by atoms with van der Waals surface area (Å²) in [6.45, 7) is 4.01. The van der Waals surface area contributed by atoms with Gasteiger partial charge in [-0.05, 0) is 24.8 Å². The zero-order valence-corrected chi connectivity index (χ0v) is 13.3. The molecule has 2 aromatic rings. The van der Waals surface area contributed by atoms with Crippen LogP contribution >= 0.6 is 11.3 Å². The second kappa shape index (κ2) is 6.71. The van der Waals surface area contributed by atoms with Crippen molar-refractivity contribution < 1.29 is 4.92 Å². The van der Waals surface area contributed by atoms with E-state index < -0.39 is 0 Å². The zero-order chi connectivity index (χ0) is 15.4. The van der Waals surface area contributed by atoms with Crippen molar-refractivity contribution in [3.8, 4) is 0 Å². The molecular weight excluding hydrogens is 288 g/mol. The van der Waals surface area contributed by atoms with E-state index >= 15 is 0 Å². The van der Waals surface area contributed by atoms with Crippen LogP contribution in [0.25, 0.3) is 0 Å². The third-order valence-electron chi connectivity index (χ3n) is 3.23. The van der Waals surface area contributed by atoms with Gasteiger partial charge < -0.3 is 5.32 Å². The number of hydrogen-bond acceptors (Lipinski definition) is 5. The molecule has 0 saturated carbocycles. The van der Waals surface area contributed by atoms with Crippen LogP contribution in [0.2, 0.25) is 0 Å². The van der Waals surface area contributed by atoms with Gasteiger partial charge in [-0.1, -0.05) is 19.4 Å². The van der Waals surface area contributed by atoms with E-state index in [0.29, 0.717) is 17.9 Å². The van der Waals surface area contributed by atoms with Crippen molar-refractivity contribution >= 4 is 22.8 Å². The monoisotopic (exact) mass is 308 g/mol. The summed E-state index contributed by atoms with van der Waals surface area (Å²) in [7, 11) is 1.74. The first-order chi connectivity index (χ1) is 10.0. The molecule has 1 N–H and O–H groups in total. The van der Waals surface area contributed by atoms with E-state index in [0.717, 1.165) is 12.8 Å². The summed E-state index contributed by atoms with van der Waals surface area (Å²) in [5, 5.41) is 20.9. The zero-order valence-electron chi connectivity index (χ0n) is 12.5. The van der Waals surface area contributed by atoms with Crippen LogP contribution in [0.3, 0.4) is 0 Å². The van der Waals surface area contributed by atoms with Crippen LogP contribution < -0.4 is 5.32 Å². The number of anilines is 1. The average Bonchev–Trinajstić information content (AvgIpc) is 2.99. The van der Waals surface area contributed by atoms with Gasteiger partial charge in [0.25, 0.3) is 0 Å². The highest BCUT2D eigenvalue weighted by Gasteiger charge is 2.26. The number of nitro groups is 1. The summed E-state index contributed by atoms with van der Waals surface area (Å²) >= 11 is 1.69. The highest BCUT2D eigenvalue weighted by molar-refractivity contribution is 7.09. The van der Waals surface area contributed by atoms with Gasteiger partial charge in [0, 0.05) is 24.4 Å². The van der Waals surface area contributed by atoms with Crippen LogP contribution in [0, 0.1) is 10.1 Å². The molecule has 2 aromatic heterocycles. The average molecular weight is 308 g/mol. The summed E-state index contributed by atoms with van der Waals surface area (Å²) in [6.07, 6.45) is 2.29. The molecule has 2 heterocycles. The van der Waals surface area contributed by atoms with Gasteiger partial charge in [-0.2, -0.15) is 5.10 Å². The first kappa shape index (κ1) is 15.5. The lowest BCUT2D eigenvalue weighted by Crippen LogP contribution is -2.20. The molecule has 0 aliphatic rings. The van der Waals surface area contributed by atoms with Gasteiger partial charge in [-0.3, -0.25) is 10.1 Å². The van der Waals surface area contributed by atoms with E-state index in [1.54, 1.807) is 23.1 Å². The number of thiophene rings is 1. The minimum absolute atomic E-state index is 0.104. The van der Waals surface area contributed by atoms with E-state index in [4.69, 9.17) is 0 Å². The Morgan fingerprint density at radius 1 is 1.57 bits per heavy atom. The Balaban J connectivity index is 2.20. The van der Waals surface area contributed by atoms with Crippen LogP contribution in [-0.2, 0) is 19.9 Å².